The molecule has 4 heteroatoms. The average molecular weight is 756 g/mol. The van der Waals surface area contributed by atoms with Gasteiger partial charge in [-0.15, -0.1) is 0 Å². The van der Waals surface area contributed by atoms with Crippen molar-refractivity contribution in [2.45, 2.75) is 73.1 Å². The van der Waals surface area contributed by atoms with Gasteiger partial charge in [-0.3, -0.25) is 0 Å². The zero-order chi connectivity index (χ0) is 39.3. The van der Waals surface area contributed by atoms with Gasteiger partial charge in [-0.25, -0.2) is 0 Å². The summed E-state index contributed by atoms with van der Waals surface area (Å²) in [5.74, 6) is 3.07. The number of ether oxygens (including phenoxy) is 1. The van der Waals surface area contributed by atoms with Crippen LogP contribution in [0.25, 0.3) is 11.1 Å². The van der Waals surface area contributed by atoms with Crippen LogP contribution >= 0.6 is 0 Å². The summed E-state index contributed by atoms with van der Waals surface area (Å²) in [6.07, 6.45) is 0. The third-order valence-electron chi connectivity index (χ3n) is 13.0. The van der Waals surface area contributed by atoms with Gasteiger partial charge in [0, 0.05) is 17.1 Å². The summed E-state index contributed by atoms with van der Waals surface area (Å²) >= 11 is 0. The zero-order valence-electron chi connectivity index (χ0n) is 34.4. The molecule has 280 valence electrons. The van der Waals surface area contributed by atoms with Gasteiger partial charge in [-0.05, 0) is 127 Å². The average Bonchev–Trinajstić information content (AvgIpc) is 3.50. The number of benzene rings is 7. The molecular formula is C53H50BNOSi. The quantitative estimate of drug-likeness (QED) is 0.163. The molecule has 3 heterocycles. The second-order valence-corrected chi connectivity index (χ2v) is 21.2. The van der Waals surface area contributed by atoms with Crippen molar-refractivity contribution in [2.24, 2.45) is 0 Å². The summed E-state index contributed by atoms with van der Waals surface area (Å²) in [7, 11) is -2.70. The minimum atomic E-state index is -2.70. The molecule has 0 aliphatic carbocycles. The molecule has 3 aliphatic rings. The van der Waals surface area contributed by atoms with Crippen LogP contribution in [-0.4, -0.2) is 14.8 Å². The van der Waals surface area contributed by atoms with Gasteiger partial charge >= 0.3 is 0 Å². The molecule has 1 spiro atoms. The van der Waals surface area contributed by atoms with E-state index < -0.39 is 8.07 Å². The summed E-state index contributed by atoms with van der Waals surface area (Å²) in [5, 5.41) is 5.91. The van der Waals surface area contributed by atoms with E-state index in [0.29, 0.717) is 17.8 Å². The predicted octanol–water partition coefficient (Wildman–Crippen LogP) is 9.44. The Kier molecular flexibility index (Phi) is 8.32. The van der Waals surface area contributed by atoms with E-state index in [9.17, 15) is 0 Å². The van der Waals surface area contributed by atoms with Gasteiger partial charge in [0.1, 0.15) is 11.5 Å². The Bertz CT molecular complexity index is 2630. The van der Waals surface area contributed by atoms with Crippen molar-refractivity contribution >= 4 is 69.0 Å². The van der Waals surface area contributed by atoms with Crippen molar-refractivity contribution in [1.82, 2.24) is 0 Å². The Balaban J connectivity index is 1.26. The normalized spacial score (nSPS) is 14.3. The molecule has 7 aromatic carbocycles. The van der Waals surface area contributed by atoms with Gasteiger partial charge in [-0.1, -0.05) is 161 Å². The molecule has 0 atom stereocenters. The van der Waals surface area contributed by atoms with Gasteiger partial charge in [0.15, 0.2) is 8.07 Å². The Morgan fingerprint density at radius 3 is 1.58 bits per heavy atom. The second kappa shape index (κ2) is 13.2. The van der Waals surface area contributed by atoms with Gasteiger partial charge < -0.3 is 9.64 Å². The van der Waals surface area contributed by atoms with E-state index in [1.165, 1.54) is 87.5 Å². The number of rotatable bonds is 5. The molecule has 0 fully saturated rings. The summed E-state index contributed by atoms with van der Waals surface area (Å²) in [6, 6.07) is 53.6. The highest BCUT2D eigenvalue weighted by Gasteiger charge is 2.54. The van der Waals surface area contributed by atoms with Gasteiger partial charge in [-0.2, -0.15) is 0 Å². The fourth-order valence-electron chi connectivity index (χ4n) is 10.4. The Hall–Kier alpha value is -5.58. The third-order valence-corrected chi connectivity index (χ3v) is 17.9. The summed E-state index contributed by atoms with van der Waals surface area (Å²) in [5.41, 5.74) is 17.3. The van der Waals surface area contributed by atoms with Crippen LogP contribution in [-0.2, 0) is 0 Å². The number of hydrogen-bond acceptors (Lipinski definition) is 2. The highest BCUT2D eigenvalue weighted by atomic mass is 28.3. The van der Waals surface area contributed by atoms with E-state index >= 15 is 0 Å². The molecule has 7 aromatic rings. The molecule has 0 N–H and O–H groups in total. The van der Waals surface area contributed by atoms with E-state index in [1.54, 1.807) is 0 Å². The Morgan fingerprint density at radius 2 is 1.02 bits per heavy atom. The van der Waals surface area contributed by atoms with Crippen LogP contribution < -0.4 is 46.8 Å². The van der Waals surface area contributed by atoms with Gasteiger partial charge in [0.25, 0.3) is 6.71 Å². The lowest BCUT2D eigenvalue weighted by molar-refractivity contribution is 0.487. The largest absolute Gasteiger partial charge is 0.458 e. The minimum Gasteiger partial charge on any atom is -0.458 e. The van der Waals surface area contributed by atoms with Crippen LogP contribution in [0.15, 0.2) is 140 Å². The highest BCUT2D eigenvalue weighted by molar-refractivity contribution is 7.23. The van der Waals surface area contributed by atoms with E-state index in [2.05, 4.69) is 200 Å². The first-order valence-electron chi connectivity index (χ1n) is 20.9. The molecule has 0 saturated carbocycles. The van der Waals surface area contributed by atoms with Gasteiger partial charge in [0.05, 0.1) is 0 Å². The molecule has 0 bridgehead atoms. The number of hydrogen-bond donors (Lipinski definition) is 0. The highest BCUT2D eigenvalue weighted by Crippen LogP contribution is 2.42. The van der Waals surface area contributed by atoms with Crippen molar-refractivity contribution < 1.29 is 4.74 Å². The lowest BCUT2D eigenvalue weighted by Crippen LogP contribution is -2.75. The summed E-state index contributed by atoms with van der Waals surface area (Å²) < 4.78 is 6.85. The molecule has 57 heavy (non-hydrogen) atoms. The van der Waals surface area contributed by atoms with Crippen LogP contribution in [0.3, 0.4) is 0 Å². The van der Waals surface area contributed by atoms with Crippen molar-refractivity contribution in [3.8, 4) is 22.6 Å². The van der Waals surface area contributed by atoms with Gasteiger partial charge in [0.2, 0.25) is 0 Å². The molecule has 0 amide bonds. The SMILES string of the molecule is Cc1ccc2c(c1)[Si]1(c3ccccc3-c3ccccc31)c1cc(C)ccc1N2c1ccc2c(c1)B(c1c(C(C)C)cc(C(C)C)cc1C(C)C)c1ccccc1O2. The first-order chi connectivity index (χ1) is 27.6. The topological polar surface area (TPSA) is 12.5 Å². The summed E-state index contributed by atoms with van der Waals surface area (Å²) in [6.45, 7) is 18.6. The van der Waals surface area contributed by atoms with Crippen LogP contribution in [0.1, 0.15) is 87.1 Å². The molecule has 10 rings (SSSR count). The fourth-order valence-corrected chi connectivity index (χ4v) is 16.1. The van der Waals surface area contributed by atoms with Crippen molar-refractivity contribution in [3.63, 3.8) is 0 Å². The molecule has 0 saturated heterocycles. The maximum Gasteiger partial charge on any atom is 0.251 e. The number of nitrogens with zero attached hydrogens (tertiary/aromatic N) is 1. The lowest BCUT2D eigenvalue weighted by atomic mass is 9.34. The second-order valence-electron chi connectivity index (χ2n) is 17.6. The van der Waals surface area contributed by atoms with Crippen molar-refractivity contribution in [2.75, 3.05) is 4.90 Å². The first kappa shape index (κ1) is 35.8. The first-order valence-corrected chi connectivity index (χ1v) is 22.9. The number of aryl methyl sites for hydroxylation is 2. The molecule has 0 unspecified atom stereocenters. The minimum absolute atomic E-state index is 0.0231. The predicted molar refractivity (Wildman–Crippen MR) is 247 cm³/mol. The Morgan fingerprint density at radius 1 is 0.491 bits per heavy atom. The maximum atomic E-state index is 6.85. The van der Waals surface area contributed by atoms with E-state index in [-0.39, 0.29) is 6.71 Å². The maximum absolute atomic E-state index is 6.85. The molecule has 2 nitrogen and oxygen atoms in total. The van der Waals surface area contributed by atoms with Crippen molar-refractivity contribution in [3.05, 3.63) is 167 Å². The van der Waals surface area contributed by atoms with Crippen LogP contribution in [0, 0.1) is 13.8 Å². The molecule has 3 aliphatic heterocycles. The Labute approximate surface area is 340 Å². The third kappa shape index (κ3) is 5.22. The molecular weight excluding hydrogens is 705 g/mol. The summed E-state index contributed by atoms with van der Waals surface area (Å²) in [4.78, 5) is 2.57. The van der Waals surface area contributed by atoms with E-state index in [1.807, 2.05) is 0 Å². The van der Waals surface area contributed by atoms with Crippen LogP contribution in [0.2, 0.25) is 0 Å². The number of para-hydroxylation sites is 1. The van der Waals surface area contributed by atoms with Crippen molar-refractivity contribution in [1.29, 1.82) is 0 Å². The number of fused-ring (bicyclic) bond motifs is 11. The van der Waals surface area contributed by atoms with E-state index in [4.69, 9.17) is 4.74 Å². The fraction of sp³-hybridized carbons (Fsp3) is 0.208. The van der Waals surface area contributed by atoms with E-state index in [0.717, 1.165) is 17.2 Å². The monoisotopic (exact) mass is 755 g/mol. The molecule has 0 aromatic heterocycles. The van der Waals surface area contributed by atoms with Crippen LogP contribution in [0.5, 0.6) is 11.5 Å². The molecule has 0 radical (unpaired) electrons. The standard InChI is InChI=1S/C53H50BNOSi/c1-32(2)37-29-41(33(3)4)53(42(30-37)34(5)6)54-43-17-11-12-18-47(43)56-48-26-23-38(31-44(48)54)55-45-24-21-35(7)27-51(45)57(52-28-36(8)22-25-46(52)55)49-19-13-9-15-39(49)40-16-10-14-20-50(40)57/h9-34H,1-8H3. The lowest BCUT2D eigenvalue weighted by Gasteiger charge is -2.44. The number of anilines is 3. The van der Waals surface area contributed by atoms with Crippen LogP contribution in [0.4, 0.5) is 17.1 Å². The zero-order valence-corrected chi connectivity index (χ0v) is 35.4. The smallest absolute Gasteiger partial charge is 0.251 e.